The van der Waals surface area contributed by atoms with Crippen molar-refractivity contribution in [2.24, 2.45) is 10.9 Å². The third kappa shape index (κ3) is 9.95. The minimum absolute atomic E-state index is 0. The lowest BCUT2D eigenvalue weighted by atomic mass is 10.0. The van der Waals surface area contributed by atoms with Gasteiger partial charge in [0.1, 0.15) is 0 Å². The van der Waals surface area contributed by atoms with E-state index < -0.39 is 0 Å². The van der Waals surface area contributed by atoms with Crippen LogP contribution in [0, 0.1) is 5.92 Å². The Kier molecular flexibility index (Phi) is 12.7. The molecule has 1 atom stereocenters. The minimum atomic E-state index is 0. The topological polar surface area (TPSA) is 58.4 Å². The molecule has 1 heterocycles. The minimum Gasteiger partial charge on any atom is -0.356 e. The van der Waals surface area contributed by atoms with Crippen molar-refractivity contribution in [2.45, 2.75) is 59.0 Å². The molecule has 0 aliphatic heterocycles. The molecule has 1 unspecified atom stereocenters. The molecule has 0 radical (unpaired) electrons. The van der Waals surface area contributed by atoms with Crippen LogP contribution in [0.5, 0.6) is 0 Å². The summed E-state index contributed by atoms with van der Waals surface area (Å²) in [6.07, 6.45) is 6.18. The van der Waals surface area contributed by atoms with Crippen LogP contribution in [0.2, 0.25) is 0 Å². The fourth-order valence-corrected chi connectivity index (χ4v) is 2.34. The maximum atomic E-state index is 11.6. The summed E-state index contributed by atoms with van der Waals surface area (Å²) >= 11 is 0. The Hall–Kier alpha value is -1.05. The van der Waals surface area contributed by atoms with E-state index >= 15 is 0 Å². The van der Waals surface area contributed by atoms with Gasteiger partial charge in [0.2, 0.25) is 5.56 Å². The quantitative estimate of drug-likeness (QED) is 0.264. The maximum absolute atomic E-state index is 11.6. The largest absolute Gasteiger partial charge is 0.356 e. The molecular formula is C18H33IN4O. The zero-order chi connectivity index (χ0) is 17.1. The van der Waals surface area contributed by atoms with Gasteiger partial charge in [0.25, 0.3) is 0 Å². The number of rotatable bonds is 9. The molecule has 0 bridgehead atoms. The number of guanidine groups is 1. The lowest BCUT2D eigenvalue weighted by Gasteiger charge is -2.18. The zero-order valence-corrected chi connectivity index (χ0v) is 17.7. The van der Waals surface area contributed by atoms with Crippen molar-refractivity contribution in [2.75, 3.05) is 13.6 Å². The van der Waals surface area contributed by atoms with E-state index in [-0.39, 0.29) is 29.5 Å². The smallest absolute Gasteiger partial charge is 0.250 e. The molecule has 1 aromatic heterocycles. The molecule has 0 amide bonds. The van der Waals surface area contributed by atoms with Gasteiger partial charge in [-0.25, -0.2) is 0 Å². The van der Waals surface area contributed by atoms with Crippen LogP contribution in [0.4, 0.5) is 0 Å². The molecule has 0 aliphatic rings. The van der Waals surface area contributed by atoms with Gasteiger partial charge in [-0.3, -0.25) is 9.79 Å². The van der Waals surface area contributed by atoms with Gasteiger partial charge in [0.05, 0.1) is 0 Å². The van der Waals surface area contributed by atoms with Crippen LogP contribution in [-0.4, -0.2) is 30.2 Å². The number of hydrogen-bond donors (Lipinski definition) is 2. The predicted octanol–water partition coefficient (Wildman–Crippen LogP) is 3.24. The number of halogens is 1. The summed E-state index contributed by atoms with van der Waals surface area (Å²) in [6.45, 7) is 8.31. The van der Waals surface area contributed by atoms with Gasteiger partial charge in [-0.05, 0) is 44.6 Å². The van der Waals surface area contributed by atoms with E-state index in [2.05, 4.69) is 36.4 Å². The van der Waals surface area contributed by atoms with Gasteiger partial charge in [-0.15, -0.1) is 24.0 Å². The summed E-state index contributed by atoms with van der Waals surface area (Å²) in [4.78, 5) is 15.9. The number of unbranched alkanes of at least 4 members (excludes halogenated alkanes) is 1. The van der Waals surface area contributed by atoms with Gasteiger partial charge in [-0.2, -0.15) is 0 Å². The van der Waals surface area contributed by atoms with Crippen molar-refractivity contribution in [3.8, 4) is 0 Å². The first-order valence-electron chi connectivity index (χ1n) is 8.65. The molecule has 0 saturated heterocycles. The normalized spacial score (nSPS) is 12.6. The van der Waals surface area contributed by atoms with Crippen molar-refractivity contribution < 1.29 is 0 Å². The lowest BCUT2D eigenvalue weighted by molar-refractivity contribution is 0.488. The second-order valence-corrected chi connectivity index (χ2v) is 6.45. The Morgan fingerprint density at radius 3 is 2.58 bits per heavy atom. The third-order valence-electron chi connectivity index (χ3n) is 3.80. The Morgan fingerprint density at radius 2 is 1.96 bits per heavy atom. The molecule has 0 spiro atoms. The summed E-state index contributed by atoms with van der Waals surface area (Å²) in [5.74, 6) is 1.59. The fourth-order valence-electron chi connectivity index (χ4n) is 2.34. The first-order chi connectivity index (χ1) is 11.0. The van der Waals surface area contributed by atoms with E-state index in [1.807, 2.05) is 12.3 Å². The van der Waals surface area contributed by atoms with Crippen LogP contribution in [0.3, 0.4) is 0 Å². The lowest BCUT2D eigenvalue weighted by Crippen LogP contribution is -2.42. The van der Waals surface area contributed by atoms with Crippen molar-refractivity contribution in [3.63, 3.8) is 0 Å². The molecule has 0 aliphatic carbocycles. The zero-order valence-electron chi connectivity index (χ0n) is 15.4. The molecule has 1 aromatic rings. The molecule has 0 saturated carbocycles. The number of nitrogens with one attached hydrogen (secondary N) is 2. The summed E-state index contributed by atoms with van der Waals surface area (Å²) in [7, 11) is 1.80. The van der Waals surface area contributed by atoms with Crippen LogP contribution in [-0.2, 0) is 6.54 Å². The second-order valence-electron chi connectivity index (χ2n) is 6.45. The van der Waals surface area contributed by atoms with Crippen molar-refractivity contribution in [3.05, 3.63) is 34.7 Å². The van der Waals surface area contributed by atoms with E-state index in [4.69, 9.17) is 0 Å². The average Bonchev–Trinajstić information content (AvgIpc) is 2.53. The van der Waals surface area contributed by atoms with E-state index in [9.17, 15) is 4.79 Å². The Labute approximate surface area is 163 Å². The molecule has 24 heavy (non-hydrogen) atoms. The number of aryl methyl sites for hydroxylation is 1. The number of hydrogen-bond acceptors (Lipinski definition) is 2. The molecule has 138 valence electrons. The monoisotopic (exact) mass is 448 g/mol. The second kappa shape index (κ2) is 13.3. The first kappa shape index (κ1) is 22.9. The molecule has 6 heteroatoms. The number of aromatic nitrogens is 1. The van der Waals surface area contributed by atoms with E-state index in [0.29, 0.717) is 6.04 Å². The van der Waals surface area contributed by atoms with E-state index in [0.717, 1.165) is 44.2 Å². The molecule has 5 nitrogen and oxygen atoms in total. The molecular weight excluding hydrogens is 415 g/mol. The Balaban J connectivity index is 0.00000529. The third-order valence-corrected chi connectivity index (χ3v) is 3.80. The Bertz CT molecular complexity index is 528. The molecule has 0 fully saturated rings. The maximum Gasteiger partial charge on any atom is 0.250 e. The highest BCUT2D eigenvalue weighted by Gasteiger charge is 2.06. The van der Waals surface area contributed by atoms with Gasteiger partial charge < -0.3 is 15.2 Å². The molecule has 2 N–H and O–H groups in total. The van der Waals surface area contributed by atoms with E-state index in [1.165, 1.54) is 6.42 Å². The van der Waals surface area contributed by atoms with Crippen LogP contribution in [0.25, 0.3) is 0 Å². The fraction of sp³-hybridized carbons (Fsp3) is 0.667. The number of aliphatic imine (C=N–C) groups is 1. The SMILES string of the molecule is CN=C(NCCCCn1ccccc1=O)NC(C)CCC(C)C.I. The first-order valence-corrected chi connectivity index (χ1v) is 8.65. The highest BCUT2D eigenvalue weighted by Crippen LogP contribution is 2.06. The highest BCUT2D eigenvalue weighted by molar-refractivity contribution is 14.0. The van der Waals surface area contributed by atoms with Gasteiger partial charge in [0.15, 0.2) is 5.96 Å². The van der Waals surface area contributed by atoms with Crippen LogP contribution >= 0.6 is 24.0 Å². The van der Waals surface area contributed by atoms with Crippen LogP contribution in [0.1, 0.15) is 46.5 Å². The predicted molar refractivity (Wildman–Crippen MR) is 113 cm³/mol. The highest BCUT2D eigenvalue weighted by atomic mass is 127. The summed E-state index contributed by atoms with van der Waals surface area (Å²) in [6, 6.07) is 5.69. The Morgan fingerprint density at radius 1 is 1.21 bits per heavy atom. The van der Waals surface area contributed by atoms with Gasteiger partial charge >= 0.3 is 0 Å². The van der Waals surface area contributed by atoms with Crippen molar-refractivity contribution in [1.29, 1.82) is 0 Å². The molecule has 0 aromatic carbocycles. The molecule has 1 rings (SSSR count). The number of nitrogens with zero attached hydrogens (tertiary/aromatic N) is 2. The summed E-state index contributed by atoms with van der Waals surface area (Å²) in [5, 5.41) is 6.76. The van der Waals surface area contributed by atoms with Crippen molar-refractivity contribution >= 4 is 29.9 Å². The standard InChI is InChI=1S/C18H32N4O.HI/c1-15(2)10-11-16(3)21-18(19-4)20-12-6-8-14-22-13-7-5-9-17(22)23;/h5,7,9,13,15-16H,6,8,10-12,14H2,1-4H3,(H2,19,20,21);1H. The number of pyridine rings is 1. The van der Waals surface area contributed by atoms with Crippen LogP contribution < -0.4 is 16.2 Å². The van der Waals surface area contributed by atoms with Gasteiger partial charge in [0, 0.05) is 38.4 Å². The van der Waals surface area contributed by atoms with Crippen LogP contribution in [0.15, 0.2) is 34.2 Å². The summed E-state index contributed by atoms with van der Waals surface area (Å²) in [5.41, 5.74) is 0.0666. The van der Waals surface area contributed by atoms with Gasteiger partial charge in [-0.1, -0.05) is 19.9 Å². The van der Waals surface area contributed by atoms with Crippen molar-refractivity contribution in [1.82, 2.24) is 15.2 Å². The summed E-state index contributed by atoms with van der Waals surface area (Å²) < 4.78 is 1.75. The average molecular weight is 448 g/mol. The van der Waals surface area contributed by atoms with E-state index in [1.54, 1.807) is 23.7 Å².